The molecule has 0 fully saturated rings. The number of carbonyl (C=O) groups excluding carboxylic acids is 1. The van der Waals surface area contributed by atoms with Gasteiger partial charge in [0.15, 0.2) is 0 Å². The molecule has 6 nitrogen and oxygen atoms in total. The van der Waals surface area contributed by atoms with Crippen LogP contribution in [0.25, 0.3) is 16.6 Å². The standard InChI is InChI=1S/C23H24N2O4/c1-5-28-23(26)17-6-8-19(9-7-17)25-14-18(13-24)21-16(3)22(29-11-10-27-4)15(2)12-20(21)25/h6-9,12,14H,5,10-11H2,1-4H3. The fourth-order valence-corrected chi connectivity index (χ4v) is 3.46. The molecular weight excluding hydrogens is 368 g/mol. The lowest BCUT2D eigenvalue weighted by molar-refractivity contribution is 0.0526. The van der Waals surface area contributed by atoms with E-state index >= 15 is 0 Å². The third-order valence-corrected chi connectivity index (χ3v) is 4.78. The summed E-state index contributed by atoms with van der Waals surface area (Å²) in [5.41, 5.74) is 4.75. The van der Waals surface area contributed by atoms with Gasteiger partial charge in [0.1, 0.15) is 18.4 Å². The first-order valence-corrected chi connectivity index (χ1v) is 9.46. The Bertz CT molecular complexity index is 1080. The van der Waals surface area contributed by atoms with Gasteiger partial charge in [-0.15, -0.1) is 0 Å². The number of ether oxygens (including phenoxy) is 3. The molecule has 6 heteroatoms. The molecule has 29 heavy (non-hydrogen) atoms. The summed E-state index contributed by atoms with van der Waals surface area (Å²) in [5, 5.41) is 10.5. The van der Waals surface area contributed by atoms with Crippen LogP contribution in [0.5, 0.6) is 5.75 Å². The van der Waals surface area contributed by atoms with Crippen molar-refractivity contribution in [1.29, 1.82) is 5.26 Å². The van der Waals surface area contributed by atoms with Gasteiger partial charge in [-0.3, -0.25) is 0 Å². The Morgan fingerprint density at radius 3 is 2.52 bits per heavy atom. The van der Waals surface area contributed by atoms with E-state index in [0.29, 0.717) is 30.9 Å². The molecule has 3 rings (SSSR count). The molecule has 0 unspecified atom stereocenters. The van der Waals surface area contributed by atoms with E-state index in [1.807, 2.05) is 42.8 Å². The molecule has 0 N–H and O–H groups in total. The molecule has 0 saturated heterocycles. The van der Waals surface area contributed by atoms with E-state index in [-0.39, 0.29) is 5.97 Å². The van der Waals surface area contributed by atoms with Gasteiger partial charge in [-0.1, -0.05) is 0 Å². The summed E-state index contributed by atoms with van der Waals surface area (Å²) < 4.78 is 18.0. The van der Waals surface area contributed by atoms with E-state index in [9.17, 15) is 10.1 Å². The molecular formula is C23H24N2O4. The molecule has 0 aliphatic heterocycles. The van der Waals surface area contributed by atoms with E-state index in [1.54, 1.807) is 26.2 Å². The minimum absolute atomic E-state index is 0.335. The van der Waals surface area contributed by atoms with Gasteiger partial charge in [-0.25, -0.2) is 4.79 Å². The fraction of sp³-hybridized carbons (Fsp3) is 0.304. The number of fused-ring (bicyclic) bond motifs is 1. The van der Waals surface area contributed by atoms with Crippen molar-refractivity contribution < 1.29 is 19.0 Å². The first-order valence-electron chi connectivity index (χ1n) is 9.46. The molecule has 0 aliphatic carbocycles. The van der Waals surface area contributed by atoms with Gasteiger partial charge in [0.25, 0.3) is 0 Å². The number of hydrogen-bond acceptors (Lipinski definition) is 5. The number of carbonyl (C=O) groups is 1. The average Bonchev–Trinajstić information content (AvgIpc) is 3.09. The summed E-state index contributed by atoms with van der Waals surface area (Å²) in [7, 11) is 1.63. The van der Waals surface area contributed by atoms with Crippen molar-refractivity contribution in [1.82, 2.24) is 4.57 Å². The first-order chi connectivity index (χ1) is 14.0. The van der Waals surface area contributed by atoms with Crippen LogP contribution in [0.4, 0.5) is 0 Å². The van der Waals surface area contributed by atoms with Crippen LogP contribution in [0.3, 0.4) is 0 Å². The molecule has 3 aromatic rings. The zero-order chi connectivity index (χ0) is 21.0. The van der Waals surface area contributed by atoms with Crippen molar-refractivity contribution in [3.8, 4) is 17.5 Å². The normalized spacial score (nSPS) is 10.7. The van der Waals surface area contributed by atoms with E-state index in [0.717, 1.165) is 33.5 Å². The number of methoxy groups -OCH3 is 1. The van der Waals surface area contributed by atoms with Gasteiger partial charge in [-0.2, -0.15) is 5.26 Å². The van der Waals surface area contributed by atoms with Gasteiger partial charge in [0.05, 0.1) is 29.9 Å². The van der Waals surface area contributed by atoms with Gasteiger partial charge < -0.3 is 18.8 Å². The largest absolute Gasteiger partial charge is 0.491 e. The van der Waals surface area contributed by atoms with Crippen LogP contribution in [0, 0.1) is 25.2 Å². The smallest absolute Gasteiger partial charge is 0.338 e. The molecule has 0 bridgehead atoms. The number of nitrogens with zero attached hydrogens (tertiary/aromatic N) is 2. The molecule has 0 aliphatic rings. The Labute approximate surface area is 170 Å². The molecule has 0 atom stereocenters. The van der Waals surface area contributed by atoms with Crippen LogP contribution < -0.4 is 4.74 Å². The molecule has 1 heterocycles. The number of hydrogen-bond donors (Lipinski definition) is 0. The topological polar surface area (TPSA) is 73.5 Å². The lowest BCUT2D eigenvalue weighted by Crippen LogP contribution is -2.07. The summed E-state index contributed by atoms with van der Waals surface area (Å²) in [5.74, 6) is 0.431. The molecule has 0 amide bonds. The predicted molar refractivity (Wildman–Crippen MR) is 111 cm³/mol. The van der Waals surface area contributed by atoms with Gasteiger partial charge in [0, 0.05) is 29.9 Å². The molecule has 150 valence electrons. The Kier molecular flexibility index (Phi) is 6.20. The molecule has 0 spiro atoms. The second kappa shape index (κ2) is 8.80. The maximum Gasteiger partial charge on any atom is 0.338 e. The molecule has 1 aromatic heterocycles. The summed E-state index contributed by atoms with van der Waals surface area (Å²) in [6.45, 7) is 7.01. The van der Waals surface area contributed by atoms with Crippen molar-refractivity contribution in [2.45, 2.75) is 20.8 Å². The number of benzene rings is 2. The summed E-state index contributed by atoms with van der Waals surface area (Å²) in [6, 6.07) is 11.5. The summed E-state index contributed by atoms with van der Waals surface area (Å²) in [6.07, 6.45) is 1.81. The SMILES string of the molecule is CCOC(=O)c1ccc(-n2cc(C#N)c3c(C)c(OCCOC)c(C)cc32)cc1. The monoisotopic (exact) mass is 392 g/mol. The third-order valence-electron chi connectivity index (χ3n) is 4.78. The van der Waals surface area contributed by atoms with E-state index in [1.165, 1.54) is 0 Å². The van der Waals surface area contributed by atoms with Crippen LogP contribution in [-0.2, 0) is 9.47 Å². The summed E-state index contributed by atoms with van der Waals surface area (Å²) >= 11 is 0. The van der Waals surface area contributed by atoms with Crippen LogP contribution in [0.2, 0.25) is 0 Å². The Balaban J connectivity index is 2.08. The molecule has 0 saturated carbocycles. The maximum absolute atomic E-state index is 11.9. The van der Waals surface area contributed by atoms with Gasteiger partial charge in [-0.05, 0) is 56.7 Å². The Hall–Kier alpha value is -3.30. The third kappa shape index (κ3) is 3.96. The van der Waals surface area contributed by atoms with Gasteiger partial charge >= 0.3 is 5.97 Å². The van der Waals surface area contributed by atoms with Crippen LogP contribution in [0.15, 0.2) is 36.5 Å². The van der Waals surface area contributed by atoms with E-state index < -0.39 is 0 Å². The van der Waals surface area contributed by atoms with E-state index in [4.69, 9.17) is 14.2 Å². The van der Waals surface area contributed by atoms with Crippen LogP contribution in [0.1, 0.15) is 34.0 Å². The fourth-order valence-electron chi connectivity index (χ4n) is 3.46. The average molecular weight is 392 g/mol. The van der Waals surface area contributed by atoms with Crippen molar-refractivity contribution in [3.05, 3.63) is 58.8 Å². The van der Waals surface area contributed by atoms with Crippen molar-refractivity contribution >= 4 is 16.9 Å². The second-order valence-electron chi connectivity index (χ2n) is 6.67. The van der Waals surface area contributed by atoms with Crippen molar-refractivity contribution in [2.75, 3.05) is 26.9 Å². The lowest BCUT2D eigenvalue weighted by Gasteiger charge is -2.14. The highest BCUT2D eigenvalue weighted by Crippen LogP contribution is 2.35. The van der Waals surface area contributed by atoms with Crippen molar-refractivity contribution in [2.24, 2.45) is 0 Å². The Morgan fingerprint density at radius 2 is 1.90 bits per heavy atom. The number of aromatic nitrogens is 1. The molecule has 0 radical (unpaired) electrons. The summed E-state index contributed by atoms with van der Waals surface area (Å²) in [4.78, 5) is 11.9. The zero-order valence-electron chi connectivity index (χ0n) is 17.1. The van der Waals surface area contributed by atoms with Crippen LogP contribution >= 0.6 is 0 Å². The number of aryl methyl sites for hydroxylation is 2. The molecule has 2 aromatic carbocycles. The Morgan fingerprint density at radius 1 is 1.17 bits per heavy atom. The van der Waals surface area contributed by atoms with Crippen molar-refractivity contribution in [3.63, 3.8) is 0 Å². The number of esters is 1. The maximum atomic E-state index is 11.9. The van der Waals surface area contributed by atoms with Crippen LogP contribution in [-0.4, -0.2) is 37.5 Å². The number of rotatable bonds is 7. The minimum atomic E-state index is -0.348. The first kappa shape index (κ1) is 20.4. The highest BCUT2D eigenvalue weighted by molar-refractivity contribution is 5.94. The second-order valence-corrected chi connectivity index (χ2v) is 6.67. The lowest BCUT2D eigenvalue weighted by atomic mass is 10.0. The van der Waals surface area contributed by atoms with E-state index in [2.05, 4.69) is 6.07 Å². The zero-order valence-corrected chi connectivity index (χ0v) is 17.1. The predicted octanol–water partition coefficient (Wildman–Crippen LogP) is 4.32. The highest BCUT2D eigenvalue weighted by Gasteiger charge is 2.18. The van der Waals surface area contributed by atoms with Gasteiger partial charge in [0.2, 0.25) is 0 Å². The number of nitriles is 1. The highest BCUT2D eigenvalue weighted by atomic mass is 16.5. The quantitative estimate of drug-likeness (QED) is 0.442. The minimum Gasteiger partial charge on any atom is -0.491 e.